The number of aryl methyl sites for hydroxylation is 1. The maximum atomic E-state index is 12.5. The zero-order valence-electron chi connectivity index (χ0n) is 16.0. The molecule has 7 heteroatoms. The van der Waals surface area contributed by atoms with Crippen LogP contribution in [0.15, 0.2) is 18.3 Å². The Kier molecular flexibility index (Phi) is 3.25. The van der Waals surface area contributed by atoms with Gasteiger partial charge in [0.25, 0.3) is 0 Å². The lowest BCUT2D eigenvalue weighted by Gasteiger charge is -2.21. The van der Waals surface area contributed by atoms with Crippen LogP contribution in [0.25, 0.3) is 11.3 Å². The highest BCUT2D eigenvalue weighted by Gasteiger charge is 2.30. The van der Waals surface area contributed by atoms with Gasteiger partial charge in [-0.25, -0.2) is 14.5 Å². The molecule has 0 spiro atoms. The van der Waals surface area contributed by atoms with E-state index in [1.165, 1.54) is 12.3 Å². The molecular formula is C16H20N4O3. The molecule has 122 valence electrons. The number of ether oxygens (including phenoxy) is 2. The number of pyridine rings is 1. The maximum absolute atomic E-state index is 12.5. The van der Waals surface area contributed by atoms with E-state index in [2.05, 4.69) is 15.4 Å². The molecule has 0 bridgehead atoms. The Morgan fingerprint density at radius 3 is 3.17 bits per heavy atom. The van der Waals surface area contributed by atoms with Gasteiger partial charge in [-0.3, -0.25) is 0 Å². The molecule has 3 rings (SSSR count). The number of nitrogens with zero attached hydrogens (tertiary/aromatic N) is 3. The Hall–Kier alpha value is -2.57. The predicted molar refractivity (Wildman–Crippen MR) is 85.7 cm³/mol. The van der Waals surface area contributed by atoms with Crippen molar-refractivity contribution in [3.8, 4) is 17.1 Å². The fraction of sp³-hybridized carbons (Fsp3) is 0.438. The zero-order valence-corrected chi connectivity index (χ0v) is 13.0. The summed E-state index contributed by atoms with van der Waals surface area (Å²) in [5.41, 5.74) is 1.24. The van der Waals surface area contributed by atoms with Crippen LogP contribution in [-0.4, -0.2) is 40.4 Å². The molecule has 0 radical (unpaired) electrons. The van der Waals surface area contributed by atoms with Crippen molar-refractivity contribution in [2.45, 2.75) is 32.9 Å². The summed E-state index contributed by atoms with van der Waals surface area (Å²) in [6, 6.07) is 3.18. The van der Waals surface area contributed by atoms with Gasteiger partial charge in [0.1, 0.15) is 17.1 Å². The van der Waals surface area contributed by atoms with Gasteiger partial charge >= 0.3 is 5.97 Å². The number of aromatic nitrogens is 3. The van der Waals surface area contributed by atoms with Crippen molar-refractivity contribution >= 4 is 11.8 Å². The Morgan fingerprint density at radius 1 is 1.61 bits per heavy atom. The first kappa shape index (κ1) is 11.9. The average Bonchev–Trinajstić information content (AvgIpc) is 2.93. The van der Waals surface area contributed by atoms with Crippen LogP contribution in [0.1, 0.15) is 34.7 Å². The summed E-state index contributed by atoms with van der Waals surface area (Å²) in [5.74, 6) is 0.0877. The van der Waals surface area contributed by atoms with Crippen molar-refractivity contribution in [2.24, 2.45) is 0 Å². The molecule has 0 aromatic carbocycles. The summed E-state index contributed by atoms with van der Waals surface area (Å²) in [5, 5.41) is 6.80. The number of hydrogen-bond donors (Lipinski definition) is 1. The average molecular weight is 319 g/mol. The lowest BCUT2D eigenvalue weighted by Crippen LogP contribution is -2.24. The lowest BCUT2D eigenvalue weighted by atomic mass is 10.1. The summed E-state index contributed by atoms with van der Waals surface area (Å²) in [4.78, 5) is 16.6. The first-order chi connectivity index (χ1) is 12.3. The van der Waals surface area contributed by atoms with E-state index < -0.39 is 12.9 Å². The predicted octanol–water partition coefficient (Wildman–Crippen LogP) is 2.33. The van der Waals surface area contributed by atoms with Gasteiger partial charge in [-0.2, -0.15) is 5.10 Å². The third-order valence-corrected chi connectivity index (χ3v) is 3.61. The monoisotopic (exact) mass is 319 g/mol. The van der Waals surface area contributed by atoms with Crippen molar-refractivity contribution in [3.63, 3.8) is 0 Å². The number of esters is 1. The summed E-state index contributed by atoms with van der Waals surface area (Å²) in [6.45, 7) is 2.20. The molecule has 0 aliphatic carbocycles. The largest absolute Gasteiger partial charge is 0.474 e. The molecule has 0 saturated carbocycles. The standard InChI is InChI=1S/C16H20N4O3/c1-4-22-16(21)13-14(11-5-6-12(17-3)18-9-11)19-20-8-7-10(2)23-15(13)20/h5-6,9-10H,4,7-8H2,1-3H3,(H,17,18)/t10-/m1/s1/i3D3. The van der Waals surface area contributed by atoms with Crippen LogP contribution in [-0.2, 0) is 11.3 Å². The van der Waals surface area contributed by atoms with Gasteiger partial charge in [0.2, 0.25) is 5.88 Å². The van der Waals surface area contributed by atoms with E-state index in [9.17, 15) is 4.79 Å². The summed E-state index contributed by atoms with van der Waals surface area (Å²) < 4.78 is 34.3. The van der Waals surface area contributed by atoms with Gasteiger partial charge in [0.15, 0.2) is 0 Å². The molecule has 2 aromatic heterocycles. The fourth-order valence-electron chi connectivity index (χ4n) is 2.47. The molecule has 1 atom stereocenters. The molecule has 0 unspecified atom stereocenters. The van der Waals surface area contributed by atoms with E-state index in [1.54, 1.807) is 17.7 Å². The molecule has 7 nitrogen and oxygen atoms in total. The van der Waals surface area contributed by atoms with Crippen molar-refractivity contribution in [2.75, 3.05) is 18.9 Å². The van der Waals surface area contributed by atoms with Crippen molar-refractivity contribution < 1.29 is 18.4 Å². The maximum Gasteiger partial charge on any atom is 0.345 e. The van der Waals surface area contributed by atoms with Gasteiger partial charge in [-0.15, -0.1) is 0 Å². The third kappa shape index (κ3) is 2.86. The first-order valence-electron chi connectivity index (χ1n) is 8.97. The Morgan fingerprint density at radius 2 is 2.48 bits per heavy atom. The number of rotatable bonds is 4. The SMILES string of the molecule is [2H]C([2H])([2H])Nc1ccc(-c2nn3c(c2C(=O)OCC)O[C@H](C)CC3)cn1. The normalized spacial score (nSPS) is 18.9. The molecule has 23 heavy (non-hydrogen) atoms. The molecular weight excluding hydrogens is 296 g/mol. The number of nitrogens with one attached hydrogen (secondary N) is 1. The van der Waals surface area contributed by atoms with E-state index in [1.807, 2.05) is 6.92 Å². The highest BCUT2D eigenvalue weighted by Crippen LogP contribution is 2.34. The summed E-state index contributed by atoms with van der Waals surface area (Å²) in [6.07, 6.45) is 2.23. The van der Waals surface area contributed by atoms with Crippen molar-refractivity contribution in [1.29, 1.82) is 0 Å². The van der Waals surface area contributed by atoms with Gasteiger partial charge in [-0.05, 0) is 26.0 Å². The molecule has 1 N–H and O–H groups in total. The molecule has 3 heterocycles. The molecule has 1 aliphatic heterocycles. The third-order valence-electron chi connectivity index (χ3n) is 3.61. The number of fused-ring (bicyclic) bond motifs is 1. The summed E-state index contributed by atoms with van der Waals surface area (Å²) in [7, 11) is 0. The van der Waals surface area contributed by atoms with Gasteiger partial charge in [0.05, 0.1) is 12.7 Å². The molecule has 0 fully saturated rings. The van der Waals surface area contributed by atoms with Gasteiger partial charge in [-0.1, -0.05) is 0 Å². The van der Waals surface area contributed by atoms with E-state index in [-0.39, 0.29) is 24.1 Å². The van der Waals surface area contributed by atoms with Crippen LogP contribution in [0.2, 0.25) is 0 Å². The van der Waals surface area contributed by atoms with Crippen LogP contribution < -0.4 is 10.1 Å². The van der Waals surface area contributed by atoms with E-state index >= 15 is 0 Å². The van der Waals surface area contributed by atoms with Crippen LogP contribution in [0.3, 0.4) is 0 Å². The van der Waals surface area contributed by atoms with E-state index in [0.717, 1.165) is 6.42 Å². The van der Waals surface area contributed by atoms with E-state index in [0.29, 0.717) is 23.7 Å². The minimum Gasteiger partial charge on any atom is -0.474 e. The minimum atomic E-state index is -2.33. The van der Waals surface area contributed by atoms with Gasteiger partial charge < -0.3 is 14.8 Å². The molecule has 0 amide bonds. The number of anilines is 1. The summed E-state index contributed by atoms with van der Waals surface area (Å²) >= 11 is 0. The first-order valence-corrected chi connectivity index (χ1v) is 7.47. The second-order valence-electron chi connectivity index (χ2n) is 5.25. The lowest BCUT2D eigenvalue weighted by molar-refractivity contribution is 0.0515. The van der Waals surface area contributed by atoms with Crippen LogP contribution in [0, 0.1) is 0 Å². The highest BCUT2D eigenvalue weighted by molar-refractivity contribution is 5.98. The minimum absolute atomic E-state index is 0.0239. The van der Waals surface area contributed by atoms with Crippen molar-refractivity contribution in [3.05, 3.63) is 23.9 Å². The Labute approximate surface area is 138 Å². The van der Waals surface area contributed by atoms with Gasteiger partial charge in [0, 0.05) is 35.8 Å². The Bertz CT molecular complexity index is 802. The second kappa shape index (κ2) is 6.28. The molecule has 2 aromatic rings. The van der Waals surface area contributed by atoms with Crippen LogP contribution in [0.5, 0.6) is 5.88 Å². The second-order valence-corrected chi connectivity index (χ2v) is 5.25. The number of hydrogen-bond acceptors (Lipinski definition) is 6. The Balaban J connectivity index is 2.00. The van der Waals surface area contributed by atoms with Crippen molar-refractivity contribution in [1.82, 2.24) is 14.8 Å². The smallest absolute Gasteiger partial charge is 0.345 e. The highest BCUT2D eigenvalue weighted by atomic mass is 16.5. The van der Waals surface area contributed by atoms with Crippen LogP contribution in [0.4, 0.5) is 5.82 Å². The number of carbonyl (C=O) groups is 1. The number of carbonyl (C=O) groups excluding carboxylic acids is 1. The van der Waals surface area contributed by atoms with E-state index in [4.69, 9.17) is 13.6 Å². The fourth-order valence-corrected chi connectivity index (χ4v) is 2.47. The molecule has 0 saturated heterocycles. The zero-order chi connectivity index (χ0) is 18.9. The topological polar surface area (TPSA) is 78.3 Å². The molecule has 1 aliphatic rings. The van der Waals surface area contributed by atoms with Crippen LogP contribution >= 0.6 is 0 Å². The quantitative estimate of drug-likeness (QED) is 0.872.